The molecule has 0 saturated carbocycles. The van der Waals surface area contributed by atoms with Crippen LogP contribution >= 0.6 is 0 Å². The van der Waals surface area contributed by atoms with Gasteiger partial charge in [0, 0.05) is 6.54 Å². The van der Waals surface area contributed by atoms with E-state index in [0.29, 0.717) is 13.2 Å². The second kappa shape index (κ2) is 8.11. The van der Waals surface area contributed by atoms with E-state index in [1.54, 1.807) is 6.92 Å². The van der Waals surface area contributed by atoms with E-state index < -0.39 is 6.09 Å². The van der Waals surface area contributed by atoms with Gasteiger partial charge in [0.1, 0.15) is 0 Å². The fourth-order valence-electron chi connectivity index (χ4n) is 1.39. The molecule has 0 aromatic heterocycles. The SMILES string of the molecule is CCOC(=O)NCC(=O)NCCc1ccccc1. The molecule has 0 spiro atoms. The first-order valence-corrected chi connectivity index (χ1v) is 5.93. The number of carbonyl (C=O) groups is 2. The number of benzene rings is 1. The molecule has 0 aliphatic carbocycles. The summed E-state index contributed by atoms with van der Waals surface area (Å²) in [4.78, 5) is 22.3. The monoisotopic (exact) mass is 250 g/mol. The quantitative estimate of drug-likeness (QED) is 0.794. The van der Waals surface area contributed by atoms with Gasteiger partial charge in [-0.2, -0.15) is 0 Å². The van der Waals surface area contributed by atoms with Crippen LogP contribution in [0.1, 0.15) is 12.5 Å². The van der Waals surface area contributed by atoms with Gasteiger partial charge < -0.3 is 15.4 Å². The summed E-state index contributed by atoms with van der Waals surface area (Å²) in [5, 5.41) is 5.08. The zero-order valence-electron chi connectivity index (χ0n) is 10.4. The topological polar surface area (TPSA) is 67.4 Å². The fraction of sp³-hybridized carbons (Fsp3) is 0.385. The van der Waals surface area contributed by atoms with Gasteiger partial charge in [-0.25, -0.2) is 4.79 Å². The van der Waals surface area contributed by atoms with Crippen molar-refractivity contribution in [2.75, 3.05) is 19.7 Å². The first kappa shape index (κ1) is 14.0. The molecule has 0 bridgehead atoms. The molecule has 0 fully saturated rings. The Kier molecular flexibility index (Phi) is 6.32. The third-order valence-corrected chi connectivity index (χ3v) is 2.25. The highest BCUT2D eigenvalue weighted by Gasteiger charge is 2.04. The van der Waals surface area contributed by atoms with Crippen molar-refractivity contribution in [3.8, 4) is 0 Å². The van der Waals surface area contributed by atoms with Crippen molar-refractivity contribution >= 4 is 12.0 Å². The number of ether oxygens (including phenoxy) is 1. The van der Waals surface area contributed by atoms with Crippen molar-refractivity contribution in [2.24, 2.45) is 0 Å². The van der Waals surface area contributed by atoms with Gasteiger partial charge in [-0.1, -0.05) is 30.3 Å². The molecule has 18 heavy (non-hydrogen) atoms. The molecule has 1 aromatic carbocycles. The van der Waals surface area contributed by atoms with Crippen molar-refractivity contribution in [1.29, 1.82) is 0 Å². The molecule has 0 aliphatic rings. The smallest absolute Gasteiger partial charge is 0.407 e. The van der Waals surface area contributed by atoms with E-state index in [1.807, 2.05) is 30.3 Å². The third kappa shape index (κ3) is 5.89. The normalized spacial score (nSPS) is 9.61. The highest BCUT2D eigenvalue weighted by molar-refractivity contribution is 5.82. The molecule has 0 atom stereocenters. The Morgan fingerprint density at radius 2 is 1.89 bits per heavy atom. The minimum Gasteiger partial charge on any atom is -0.450 e. The Labute approximate surface area is 107 Å². The van der Waals surface area contributed by atoms with Crippen molar-refractivity contribution in [2.45, 2.75) is 13.3 Å². The van der Waals surface area contributed by atoms with Gasteiger partial charge in [-0.15, -0.1) is 0 Å². The number of carbonyl (C=O) groups excluding carboxylic acids is 2. The lowest BCUT2D eigenvalue weighted by Crippen LogP contribution is -2.37. The molecule has 1 aromatic rings. The second-order valence-corrected chi connectivity index (χ2v) is 3.66. The third-order valence-electron chi connectivity index (χ3n) is 2.25. The van der Waals surface area contributed by atoms with E-state index in [4.69, 9.17) is 0 Å². The molecular weight excluding hydrogens is 232 g/mol. The lowest BCUT2D eigenvalue weighted by atomic mass is 10.1. The first-order valence-electron chi connectivity index (χ1n) is 5.93. The summed E-state index contributed by atoms with van der Waals surface area (Å²) in [5.41, 5.74) is 1.16. The number of nitrogens with one attached hydrogen (secondary N) is 2. The first-order chi connectivity index (χ1) is 8.72. The van der Waals surface area contributed by atoms with Crippen molar-refractivity contribution in [3.63, 3.8) is 0 Å². The molecule has 0 radical (unpaired) electrons. The van der Waals surface area contributed by atoms with Gasteiger partial charge in [-0.05, 0) is 18.9 Å². The lowest BCUT2D eigenvalue weighted by molar-refractivity contribution is -0.120. The average Bonchev–Trinajstić information content (AvgIpc) is 2.38. The maximum absolute atomic E-state index is 11.4. The number of amides is 2. The zero-order chi connectivity index (χ0) is 13.2. The van der Waals surface area contributed by atoms with E-state index in [9.17, 15) is 9.59 Å². The molecule has 5 heteroatoms. The standard InChI is InChI=1S/C13H18N2O3/c1-2-18-13(17)15-10-12(16)14-9-8-11-6-4-3-5-7-11/h3-7H,2,8-10H2,1H3,(H,14,16)(H,15,17). The Morgan fingerprint density at radius 1 is 1.17 bits per heavy atom. The molecular formula is C13H18N2O3. The van der Waals surface area contributed by atoms with E-state index in [1.165, 1.54) is 0 Å². The average molecular weight is 250 g/mol. The predicted octanol–water partition coefficient (Wildman–Crippen LogP) is 1.09. The van der Waals surface area contributed by atoms with Crippen LogP contribution in [0.3, 0.4) is 0 Å². The van der Waals surface area contributed by atoms with Crippen molar-refractivity contribution < 1.29 is 14.3 Å². The zero-order valence-corrected chi connectivity index (χ0v) is 10.4. The summed E-state index contributed by atoms with van der Waals surface area (Å²) >= 11 is 0. The molecule has 0 saturated heterocycles. The second-order valence-electron chi connectivity index (χ2n) is 3.66. The van der Waals surface area contributed by atoms with Gasteiger partial charge in [-0.3, -0.25) is 4.79 Å². The van der Waals surface area contributed by atoms with Crippen LogP contribution in [0.15, 0.2) is 30.3 Å². The van der Waals surface area contributed by atoms with Crippen molar-refractivity contribution in [3.05, 3.63) is 35.9 Å². The van der Waals surface area contributed by atoms with Crippen LogP contribution < -0.4 is 10.6 Å². The summed E-state index contributed by atoms with van der Waals surface area (Å²) in [5.74, 6) is -0.223. The minimum atomic E-state index is -0.573. The number of hydrogen-bond acceptors (Lipinski definition) is 3. The van der Waals surface area contributed by atoms with Gasteiger partial charge in [0.15, 0.2) is 0 Å². The van der Waals surface area contributed by atoms with E-state index in [2.05, 4.69) is 15.4 Å². The summed E-state index contributed by atoms with van der Waals surface area (Å²) in [6.07, 6.45) is 0.196. The van der Waals surface area contributed by atoms with E-state index in [-0.39, 0.29) is 12.5 Å². The fourth-order valence-corrected chi connectivity index (χ4v) is 1.39. The van der Waals surface area contributed by atoms with Crippen LogP contribution in [0.4, 0.5) is 4.79 Å². The molecule has 98 valence electrons. The van der Waals surface area contributed by atoms with Crippen LogP contribution in [-0.4, -0.2) is 31.7 Å². The van der Waals surface area contributed by atoms with Crippen LogP contribution in [0.25, 0.3) is 0 Å². The molecule has 2 amide bonds. The minimum absolute atomic E-state index is 0.0619. The Bertz CT molecular complexity index is 379. The maximum Gasteiger partial charge on any atom is 0.407 e. The largest absolute Gasteiger partial charge is 0.450 e. The van der Waals surface area contributed by atoms with Gasteiger partial charge in [0.2, 0.25) is 5.91 Å². The summed E-state index contributed by atoms with van der Waals surface area (Å²) in [6, 6.07) is 9.87. The van der Waals surface area contributed by atoms with Crippen molar-refractivity contribution in [1.82, 2.24) is 10.6 Å². The summed E-state index contributed by atoms with van der Waals surface area (Å²) in [7, 11) is 0. The Morgan fingerprint density at radius 3 is 2.56 bits per heavy atom. The van der Waals surface area contributed by atoms with Crippen LogP contribution in [0.5, 0.6) is 0 Å². The Hall–Kier alpha value is -2.04. The Balaban J connectivity index is 2.12. The van der Waals surface area contributed by atoms with Gasteiger partial charge in [0.05, 0.1) is 13.2 Å². The number of rotatable bonds is 6. The number of alkyl carbamates (subject to hydrolysis) is 1. The highest BCUT2D eigenvalue weighted by atomic mass is 16.5. The van der Waals surface area contributed by atoms with E-state index >= 15 is 0 Å². The number of hydrogen-bond donors (Lipinski definition) is 2. The predicted molar refractivity (Wildman–Crippen MR) is 68.2 cm³/mol. The molecule has 2 N–H and O–H groups in total. The van der Waals surface area contributed by atoms with E-state index in [0.717, 1.165) is 12.0 Å². The molecule has 0 aliphatic heterocycles. The van der Waals surface area contributed by atoms with Crippen LogP contribution in [0, 0.1) is 0 Å². The van der Waals surface area contributed by atoms with Crippen LogP contribution in [-0.2, 0) is 16.0 Å². The van der Waals surface area contributed by atoms with Crippen LogP contribution in [0.2, 0.25) is 0 Å². The lowest BCUT2D eigenvalue weighted by Gasteiger charge is -2.06. The summed E-state index contributed by atoms with van der Waals surface area (Å²) in [6.45, 7) is 2.49. The molecule has 0 unspecified atom stereocenters. The highest BCUT2D eigenvalue weighted by Crippen LogP contribution is 1.97. The summed E-state index contributed by atoms with van der Waals surface area (Å²) < 4.78 is 4.64. The van der Waals surface area contributed by atoms with Gasteiger partial charge >= 0.3 is 6.09 Å². The molecule has 1 rings (SSSR count). The molecule has 5 nitrogen and oxygen atoms in total. The molecule has 0 heterocycles. The van der Waals surface area contributed by atoms with Gasteiger partial charge in [0.25, 0.3) is 0 Å². The maximum atomic E-state index is 11.4.